The Kier molecular flexibility index (Phi) is 4.57. The lowest BCUT2D eigenvalue weighted by molar-refractivity contribution is -0.126. The first-order valence-corrected chi connectivity index (χ1v) is 10.2. The molecule has 0 saturated carbocycles. The van der Waals surface area contributed by atoms with Crippen molar-refractivity contribution < 1.29 is 4.79 Å². The van der Waals surface area contributed by atoms with Gasteiger partial charge in [0.15, 0.2) is 5.82 Å². The number of hydrogen-bond donors (Lipinski definition) is 0. The highest BCUT2D eigenvalue weighted by atomic mass is 35.5. The van der Waals surface area contributed by atoms with Crippen LogP contribution in [0, 0.1) is 0 Å². The van der Waals surface area contributed by atoms with Crippen LogP contribution in [-0.2, 0) is 4.79 Å². The lowest BCUT2D eigenvalue weighted by Crippen LogP contribution is -2.64. The standard InChI is InChI=1S/C23H15Cl2N3O2/c24-17-12-6-4-10-15(17)20-19(25)23(30)27(20)28-21(14-8-2-1-3-9-14)26-18-13-7-5-11-16(18)22(28)29/h1-13,19-20H. The summed E-state index contributed by atoms with van der Waals surface area (Å²) in [5, 5.41) is 1.43. The summed E-state index contributed by atoms with van der Waals surface area (Å²) in [5.41, 5.74) is 1.61. The summed E-state index contributed by atoms with van der Waals surface area (Å²) < 4.78 is 1.33. The molecule has 5 nitrogen and oxygen atoms in total. The van der Waals surface area contributed by atoms with E-state index in [0.717, 1.165) is 0 Å². The molecule has 1 aliphatic rings. The van der Waals surface area contributed by atoms with E-state index in [9.17, 15) is 9.59 Å². The summed E-state index contributed by atoms with van der Waals surface area (Å²) >= 11 is 12.8. The second kappa shape index (κ2) is 7.27. The van der Waals surface area contributed by atoms with Gasteiger partial charge in [0.25, 0.3) is 11.5 Å². The molecule has 0 N–H and O–H groups in total. The van der Waals surface area contributed by atoms with Crippen LogP contribution in [-0.4, -0.2) is 20.9 Å². The Morgan fingerprint density at radius 2 is 1.50 bits per heavy atom. The molecule has 4 aromatic rings. The zero-order chi connectivity index (χ0) is 20.8. The highest BCUT2D eigenvalue weighted by Crippen LogP contribution is 2.40. The molecule has 0 bridgehead atoms. The van der Waals surface area contributed by atoms with Crippen molar-refractivity contribution in [3.63, 3.8) is 0 Å². The molecule has 1 aromatic heterocycles. The third kappa shape index (κ3) is 2.82. The second-order valence-corrected chi connectivity index (χ2v) is 7.86. The van der Waals surface area contributed by atoms with Crippen LogP contribution in [0.15, 0.2) is 83.7 Å². The molecule has 1 aliphatic heterocycles. The van der Waals surface area contributed by atoms with Gasteiger partial charge in [0.05, 0.1) is 10.9 Å². The number of carbonyl (C=O) groups excluding carboxylic acids is 1. The number of halogens is 2. The molecular formula is C23H15Cl2N3O2. The maximum Gasteiger partial charge on any atom is 0.280 e. The van der Waals surface area contributed by atoms with E-state index in [2.05, 4.69) is 0 Å². The molecule has 0 spiro atoms. The van der Waals surface area contributed by atoms with Crippen molar-refractivity contribution in [1.82, 2.24) is 9.66 Å². The van der Waals surface area contributed by atoms with Crippen molar-refractivity contribution >= 4 is 40.0 Å². The molecule has 2 atom stereocenters. The molecule has 30 heavy (non-hydrogen) atoms. The van der Waals surface area contributed by atoms with Crippen LogP contribution in [0.5, 0.6) is 0 Å². The predicted octanol–water partition coefficient (Wildman–Crippen LogP) is 4.54. The van der Waals surface area contributed by atoms with E-state index in [-0.39, 0.29) is 11.5 Å². The Morgan fingerprint density at radius 3 is 2.27 bits per heavy atom. The number of β-lactam (4-membered cyclic amide) rings is 1. The molecule has 2 heterocycles. The number of aromatic nitrogens is 2. The van der Waals surface area contributed by atoms with Gasteiger partial charge in [0.1, 0.15) is 11.4 Å². The summed E-state index contributed by atoms with van der Waals surface area (Å²) in [6, 6.07) is 22.9. The monoisotopic (exact) mass is 435 g/mol. The van der Waals surface area contributed by atoms with E-state index >= 15 is 0 Å². The fourth-order valence-corrected chi connectivity index (χ4v) is 4.36. The number of carbonyl (C=O) groups is 1. The van der Waals surface area contributed by atoms with E-state index in [1.807, 2.05) is 48.5 Å². The molecule has 5 rings (SSSR count). The SMILES string of the molecule is O=C1C(Cl)C(c2ccccc2Cl)N1n1c(-c2ccccc2)nc2ccccc2c1=O. The molecule has 148 valence electrons. The number of hydrogen-bond acceptors (Lipinski definition) is 3. The van der Waals surface area contributed by atoms with E-state index in [0.29, 0.717) is 32.9 Å². The lowest BCUT2D eigenvalue weighted by Gasteiger charge is -2.45. The van der Waals surface area contributed by atoms with Crippen LogP contribution in [0.1, 0.15) is 11.6 Å². The third-order valence-electron chi connectivity index (χ3n) is 5.23. The Labute approximate surface area is 182 Å². The van der Waals surface area contributed by atoms with E-state index in [4.69, 9.17) is 28.2 Å². The molecule has 3 aromatic carbocycles. The molecule has 1 amide bonds. The van der Waals surface area contributed by atoms with Crippen LogP contribution in [0.4, 0.5) is 0 Å². The van der Waals surface area contributed by atoms with Crippen molar-refractivity contribution in [3.05, 3.63) is 99.8 Å². The van der Waals surface area contributed by atoms with E-state index < -0.39 is 11.4 Å². The van der Waals surface area contributed by atoms with Gasteiger partial charge in [-0.2, -0.15) is 4.68 Å². The van der Waals surface area contributed by atoms with E-state index in [1.165, 1.54) is 9.69 Å². The number of para-hydroxylation sites is 1. The first kappa shape index (κ1) is 18.9. The number of fused-ring (bicyclic) bond motifs is 1. The number of amides is 1. The summed E-state index contributed by atoms with van der Waals surface area (Å²) in [4.78, 5) is 31.1. The maximum absolute atomic E-state index is 13.5. The highest BCUT2D eigenvalue weighted by molar-refractivity contribution is 6.37. The first-order valence-electron chi connectivity index (χ1n) is 9.37. The fraction of sp³-hybridized carbons (Fsp3) is 0.0870. The van der Waals surface area contributed by atoms with Crippen LogP contribution < -0.4 is 10.6 Å². The van der Waals surface area contributed by atoms with Crippen molar-refractivity contribution in [3.8, 4) is 11.4 Å². The summed E-state index contributed by atoms with van der Waals surface area (Å²) in [7, 11) is 0. The normalized spacial score (nSPS) is 18.5. The third-order valence-corrected chi connectivity index (χ3v) is 6.00. The summed E-state index contributed by atoms with van der Waals surface area (Å²) in [6.45, 7) is 0. The maximum atomic E-state index is 13.5. The minimum Gasteiger partial charge on any atom is -0.271 e. The van der Waals surface area contributed by atoms with Crippen molar-refractivity contribution in [1.29, 1.82) is 0 Å². The number of rotatable bonds is 3. The average Bonchev–Trinajstić information content (AvgIpc) is 2.79. The number of benzene rings is 3. The minimum atomic E-state index is -0.827. The van der Waals surface area contributed by atoms with Gasteiger partial charge >= 0.3 is 0 Å². The summed E-state index contributed by atoms with van der Waals surface area (Å²) in [6.07, 6.45) is 0. The highest BCUT2D eigenvalue weighted by Gasteiger charge is 2.50. The van der Waals surface area contributed by atoms with Gasteiger partial charge in [-0.05, 0) is 23.8 Å². The second-order valence-electron chi connectivity index (χ2n) is 6.99. The zero-order valence-corrected chi connectivity index (χ0v) is 17.1. The van der Waals surface area contributed by atoms with Gasteiger partial charge in [-0.1, -0.05) is 72.3 Å². The lowest BCUT2D eigenvalue weighted by atomic mass is 9.95. The van der Waals surface area contributed by atoms with Crippen LogP contribution in [0.2, 0.25) is 5.02 Å². The largest absolute Gasteiger partial charge is 0.280 e. The molecule has 0 aliphatic carbocycles. The van der Waals surface area contributed by atoms with Crippen LogP contribution in [0.25, 0.3) is 22.3 Å². The fourth-order valence-electron chi connectivity index (χ4n) is 3.77. The molecule has 1 saturated heterocycles. The van der Waals surface area contributed by atoms with Gasteiger partial charge < -0.3 is 0 Å². The topological polar surface area (TPSA) is 55.2 Å². The zero-order valence-electron chi connectivity index (χ0n) is 15.6. The molecule has 1 fully saturated rings. The Morgan fingerprint density at radius 1 is 0.833 bits per heavy atom. The molecule has 2 unspecified atom stereocenters. The van der Waals surface area contributed by atoms with Gasteiger partial charge in [0, 0.05) is 10.6 Å². The quantitative estimate of drug-likeness (QED) is 0.350. The van der Waals surface area contributed by atoms with Gasteiger partial charge in [-0.3, -0.25) is 9.59 Å². The van der Waals surface area contributed by atoms with E-state index in [1.54, 1.807) is 30.3 Å². The van der Waals surface area contributed by atoms with Crippen LogP contribution in [0.3, 0.4) is 0 Å². The Bertz CT molecular complexity index is 1340. The predicted molar refractivity (Wildman–Crippen MR) is 118 cm³/mol. The van der Waals surface area contributed by atoms with Gasteiger partial charge in [-0.15, -0.1) is 11.6 Å². The first-order chi connectivity index (χ1) is 14.6. The van der Waals surface area contributed by atoms with Gasteiger partial charge in [0.2, 0.25) is 0 Å². The van der Waals surface area contributed by atoms with Crippen molar-refractivity contribution in [2.45, 2.75) is 11.4 Å². The Hall–Kier alpha value is -3.15. The Balaban J connectivity index is 1.79. The molecule has 0 radical (unpaired) electrons. The molecular weight excluding hydrogens is 421 g/mol. The van der Waals surface area contributed by atoms with Crippen molar-refractivity contribution in [2.75, 3.05) is 5.01 Å². The van der Waals surface area contributed by atoms with Crippen molar-refractivity contribution in [2.24, 2.45) is 0 Å². The molecule has 7 heteroatoms. The van der Waals surface area contributed by atoms with Crippen LogP contribution >= 0.6 is 23.2 Å². The van der Waals surface area contributed by atoms with Gasteiger partial charge in [-0.25, -0.2) is 9.99 Å². The minimum absolute atomic E-state index is 0.339. The summed E-state index contributed by atoms with van der Waals surface area (Å²) in [5.74, 6) is -0.00813. The number of alkyl halides is 1. The average molecular weight is 436 g/mol. The number of nitrogens with zero attached hydrogens (tertiary/aromatic N) is 3. The smallest absolute Gasteiger partial charge is 0.271 e.